The molecule has 0 saturated carbocycles. The second-order valence-electron chi connectivity index (χ2n) is 3.59. The molecule has 0 heterocycles. The summed E-state index contributed by atoms with van der Waals surface area (Å²) in [6.45, 7) is 0. The Kier molecular flexibility index (Phi) is 2.95. The Bertz CT molecular complexity index is 538. The molecular formula is C13H11F2NO. The van der Waals surface area contributed by atoms with E-state index in [4.69, 9.17) is 10.5 Å². The smallest absolute Gasteiger partial charge is 0.166 e. The van der Waals surface area contributed by atoms with Crippen LogP contribution in [0.2, 0.25) is 0 Å². The van der Waals surface area contributed by atoms with Crippen LogP contribution in [0.5, 0.6) is 5.75 Å². The van der Waals surface area contributed by atoms with Crippen LogP contribution < -0.4 is 10.5 Å². The van der Waals surface area contributed by atoms with Crippen LogP contribution in [0.25, 0.3) is 11.1 Å². The molecule has 0 unspecified atom stereocenters. The molecule has 2 nitrogen and oxygen atoms in total. The van der Waals surface area contributed by atoms with E-state index in [2.05, 4.69) is 0 Å². The van der Waals surface area contributed by atoms with E-state index in [1.54, 1.807) is 24.3 Å². The second kappa shape index (κ2) is 4.41. The minimum Gasteiger partial charge on any atom is -0.497 e. The zero-order chi connectivity index (χ0) is 12.4. The predicted molar refractivity (Wildman–Crippen MR) is 62.8 cm³/mol. The third-order valence-corrected chi connectivity index (χ3v) is 2.45. The van der Waals surface area contributed by atoms with E-state index in [1.807, 2.05) is 0 Å². The van der Waals surface area contributed by atoms with Gasteiger partial charge >= 0.3 is 0 Å². The Hall–Kier alpha value is -2.10. The summed E-state index contributed by atoms with van der Waals surface area (Å²) in [7, 11) is 1.54. The number of halogens is 2. The largest absolute Gasteiger partial charge is 0.497 e. The van der Waals surface area contributed by atoms with E-state index in [1.165, 1.54) is 13.2 Å². The Labute approximate surface area is 97.6 Å². The van der Waals surface area contributed by atoms with E-state index in [-0.39, 0.29) is 11.3 Å². The minimum absolute atomic E-state index is 0.144. The van der Waals surface area contributed by atoms with Crippen molar-refractivity contribution in [3.63, 3.8) is 0 Å². The van der Waals surface area contributed by atoms with Crippen molar-refractivity contribution >= 4 is 5.69 Å². The van der Waals surface area contributed by atoms with Crippen LogP contribution in [0.4, 0.5) is 14.5 Å². The van der Waals surface area contributed by atoms with Gasteiger partial charge in [-0.15, -0.1) is 0 Å². The Morgan fingerprint density at radius 1 is 1.06 bits per heavy atom. The van der Waals surface area contributed by atoms with E-state index in [0.29, 0.717) is 11.3 Å². The Balaban J connectivity index is 2.52. The number of anilines is 1. The summed E-state index contributed by atoms with van der Waals surface area (Å²) in [5.41, 5.74) is 6.37. The maximum atomic E-state index is 13.6. The topological polar surface area (TPSA) is 35.2 Å². The fourth-order valence-electron chi connectivity index (χ4n) is 1.59. The molecule has 4 heteroatoms. The van der Waals surface area contributed by atoms with E-state index in [9.17, 15) is 8.78 Å². The number of nitrogens with two attached hydrogens (primary N) is 1. The van der Waals surface area contributed by atoms with Gasteiger partial charge in [-0.25, -0.2) is 8.78 Å². The molecule has 0 saturated heterocycles. The molecule has 0 bridgehead atoms. The molecule has 2 rings (SSSR count). The van der Waals surface area contributed by atoms with E-state index in [0.717, 1.165) is 6.07 Å². The number of benzene rings is 2. The summed E-state index contributed by atoms with van der Waals surface area (Å²) in [4.78, 5) is 0. The van der Waals surface area contributed by atoms with Crippen LogP contribution in [0.15, 0.2) is 36.4 Å². The lowest BCUT2D eigenvalue weighted by Crippen LogP contribution is -1.94. The number of nitrogen functional groups attached to an aromatic ring is 1. The molecular weight excluding hydrogens is 224 g/mol. The van der Waals surface area contributed by atoms with Crippen LogP contribution in [0, 0.1) is 11.6 Å². The monoisotopic (exact) mass is 235 g/mol. The van der Waals surface area contributed by atoms with Crippen molar-refractivity contribution in [2.24, 2.45) is 0 Å². The first-order chi connectivity index (χ1) is 8.11. The third-order valence-electron chi connectivity index (χ3n) is 2.45. The first-order valence-corrected chi connectivity index (χ1v) is 5.01. The highest BCUT2D eigenvalue weighted by molar-refractivity contribution is 5.68. The average molecular weight is 235 g/mol. The fourth-order valence-corrected chi connectivity index (χ4v) is 1.59. The normalized spacial score (nSPS) is 10.3. The Morgan fingerprint density at radius 3 is 2.29 bits per heavy atom. The highest BCUT2D eigenvalue weighted by atomic mass is 19.2. The fraction of sp³-hybridized carbons (Fsp3) is 0.0769. The SMILES string of the molecule is COc1ccc(-c2cc(N)cc(F)c2F)cc1. The van der Waals surface area contributed by atoms with Crippen LogP contribution >= 0.6 is 0 Å². The van der Waals surface area contributed by atoms with Crippen molar-refractivity contribution in [3.05, 3.63) is 48.0 Å². The van der Waals surface area contributed by atoms with Crippen molar-refractivity contribution in [1.82, 2.24) is 0 Å². The van der Waals surface area contributed by atoms with Gasteiger partial charge in [-0.2, -0.15) is 0 Å². The second-order valence-corrected chi connectivity index (χ2v) is 3.59. The van der Waals surface area contributed by atoms with Gasteiger partial charge in [0.1, 0.15) is 5.75 Å². The van der Waals surface area contributed by atoms with E-state index >= 15 is 0 Å². The van der Waals surface area contributed by atoms with Crippen molar-refractivity contribution < 1.29 is 13.5 Å². The standard InChI is InChI=1S/C13H11F2NO/c1-17-10-4-2-8(3-5-10)11-6-9(16)7-12(14)13(11)15/h2-7H,16H2,1H3. The van der Waals surface area contributed by atoms with E-state index < -0.39 is 11.6 Å². The molecule has 0 aliphatic rings. The first-order valence-electron chi connectivity index (χ1n) is 5.01. The summed E-state index contributed by atoms with van der Waals surface area (Å²) in [6.07, 6.45) is 0. The van der Waals surface area contributed by atoms with Crippen LogP contribution in [0.3, 0.4) is 0 Å². The first kappa shape index (κ1) is 11.4. The van der Waals surface area contributed by atoms with Crippen LogP contribution in [0.1, 0.15) is 0 Å². The number of rotatable bonds is 2. The summed E-state index contributed by atoms with van der Waals surface area (Å²) >= 11 is 0. The van der Waals surface area contributed by atoms with Gasteiger partial charge in [0, 0.05) is 11.3 Å². The lowest BCUT2D eigenvalue weighted by atomic mass is 10.0. The maximum Gasteiger partial charge on any atom is 0.166 e. The average Bonchev–Trinajstić information content (AvgIpc) is 2.34. The summed E-state index contributed by atoms with van der Waals surface area (Å²) in [5.74, 6) is -1.20. The highest BCUT2D eigenvalue weighted by Gasteiger charge is 2.11. The molecule has 0 radical (unpaired) electrons. The molecule has 88 valence electrons. The maximum absolute atomic E-state index is 13.6. The van der Waals surface area contributed by atoms with Gasteiger partial charge in [0.2, 0.25) is 0 Å². The molecule has 2 aromatic carbocycles. The van der Waals surface area contributed by atoms with Crippen molar-refractivity contribution in [1.29, 1.82) is 0 Å². The van der Waals surface area contributed by atoms with Gasteiger partial charge in [-0.05, 0) is 29.8 Å². The number of methoxy groups -OCH3 is 1. The molecule has 0 amide bonds. The molecule has 0 atom stereocenters. The molecule has 0 aliphatic heterocycles. The third kappa shape index (κ3) is 2.20. The van der Waals surface area contributed by atoms with Gasteiger partial charge in [-0.1, -0.05) is 12.1 Å². The van der Waals surface area contributed by atoms with Crippen molar-refractivity contribution in [2.45, 2.75) is 0 Å². The van der Waals surface area contributed by atoms with Crippen molar-refractivity contribution in [3.8, 4) is 16.9 Å². The number of ether oxygens (including phenoxy) is 1. The number of hydrogen-bond acceptors (Lipinski definition) is 2. The number of hydrogen-bond donors (Lipinski definition) is 1. The summed E-state index contributed by atoms with van der Waals surface area (Å²) in [6, 6.07) is 9.01. The van der Waals surface area contributed by atoms with Crippen molar-refractivity contribution in [2.75, 3.05) is 12.8 Å². The lowest BCUT2D eigenvalue weighted by molar-refractivity contribution is 0.415. The Morgan fingerprint density at radius 2 is 1.71 bits per heavy atom. The van der Waals surface area contributed by atoms with Crippen LogP contribution in [-0.2, 0) is 0 Å². The zero-order valence-corrected chi connectivity index (χ0v) is 9.21. The highest BCUT2D eigenvalue weighted by Crippen LogP contribution is 2.28. The quantitative estimate of drug-likeness (QED) is 0.811. The molecule has 17 heavy (non-hydrogen) atoms. The summed E-state index contributed by atoms with van der Waals surface area (Å²) in [5, 5.41) is 0. The van der Waals surface area contributed by atoms with Gasteiger partial charge in [0.05, 0.1) is 7.11 Å². The predicted octanol–water partition coefficient (Wildman–Crippen LogP) is 3.22. The summed E-state index contributed by atoms with van der Waals surface area (Å²) < 4.78 is 31.8. The molecule has 0 aromatic heterocycles. The molecule has 2 N–H and O–H groups in total. The van der Waals surface area contributed by atoms with Crippen LogP contribution in [-0.4, -0.2) is 7.11 Å². The molecule has 2 aromatic rings. The van der Waals surface area contributed by atoms with Gasteiger partial charge in [-0.3, -0.25) is 0 Å². The molecule has 0 aliphatic carbocycles. The zero-order valence-electron chi connectivity index (χ0n) is 9.21. The van der Waals surface area contributed by atoms with Gasteiger partial charge < -0.3 is 10.5 Å². The van der Waals surface area contributed by atoms with Gasteiger partial charge in [0.25, 0.3) is 0 Å². The minimum atomic E-state index is -0.948. The molecule has 0 fully saturated rings. The van der Waals surface area contributed by atoms with Gasteiger partial charge in [0.15, 0.2) is 11.6 Å². The lowest BCUT2D eigenvalue weighted by Gasteiger charge is -2.07. The molecule has 0 spiro atoms.